The number of carbonyl (C=O) groups is 2. The summed E-state index contributed by atoms with van der Waals surface area (Å²) in [6, 6.07) is 9.94. The van der Waals surface area contributed by atoms with Gasteiger partial charge in [0.2, 0.25) is 0 Å². The minimum Gasteiger partial charge on any atom is -0.506 e. The number of aromatic hydroxyl groups is 1. The number of phenols is 1. The van der Waals surface area contributed by atoms with Gasteiger partial charge in [-0.25, -0.2) is 4.79 Å². The van der Waals surface area contributed by atoms with Crippen molar-refractivity contribution in [3.8, 4) is 5.75 Å². The number of benzene rings is 2. The number of nitrogens with one attached hydrogen (secondary N) is 1. The number of carboxylic acid groups (broad SMARTS) is 1. The van der Waals surface area contributed by atoms with Gasteiger partial charge in [0.05, 0.1) is 28.8 Å². The standard InChI is InChI=1S/C19H17ClN2O5/c1-22-15-7-6-13(20)17(24)12(15)8-16(22)18(25)21-14(9-23)10-2-4-11(5-3-10)19(26)27/h2-8,14,23-24H,9H2,1H3,(H,21,25)(H,26,27)/t14-/m1/s1. The molecule has 3 rings (SSSR count). The van der Waals surface area contributed by atoms with Gasteiger partial charge in [-0.3, -0.25) is 4.79 Å². The van der Waals surface area contributed by atoms with Gasteiger partial charge in [-0.15, -0.1) is 0 Å². The van der Waals surface area contributed by atoms with Crippen LogP contribution in [0.2, 0.25) is 5.02 Å². The Morgan fingerprint density at radius 2 is 1.85 bits per heavy atom. The molecular weight excluding hydrogens is 372 g/mol. The summed E-state index contributed by atoms with van der Waals surface area (Å²) in [7, 11) is 1.68. The van der Waals surface area contributed by atoms with Crippen LogP contribution in [0.15, 0.2) is 42.5 Å². The van der Waals surface area contributed by atoms with Gasteiger partial charge < -0.3 is 25.2 Å². The second-order valence-corrected chi connectivity index (χ2v) is 6.46. The van der Waals surface area contributed by atoms with E-state index in [1.54, 1.807) is 23.7 Å². The van der Waals surface area contributed by atoms with E-state index in [0.717, 1.165) is 0 Å². The first-order valence-corrected chi connectivity index (χ1v) is 8.43. The summed E-state index contributed by atoms with van der Waals surface area (Å²) in [5.41, 5.74) is 1.60. The van der Waals surface area contributed by atoms with Crippen molar-refractivity contribution >= 4 is 34.4 Å². The number of carboxylic acids is 1. The molecule has 0 spiro atoms. The zero-order valence-corrected chi connectivity index (χ0v) is 15.1. The van der Waals surface area contributed by atoms with Crippen molar-refractivity contribution in [2.75, 3.05) is 6.61 Å². The molecule has 8 heteroatoms. The fourth-order valence-corrected chi connectivity index (χ4v) is 3.08. The van der Waals surface area contributed by atoms with E-state index in [4.69, 9.17) is 16.7 Å². The molecule has 0 radical (unpaired) electrons. The van der Waals surface area contributed by atoms with Crippen LogP contribution in [0.3, 0.4) is 0 Å². The molecule has 2 aromatic carbocycles. The van der Waals surface area contributed by atoms with Gasteiger partial charge in [0, 0.05) is 12.4 Å². The minimum atomic E-state index is -1.06. The van der Waals surface area contributed by atoms with Crippen LogP contribution < -0.4 is 5.32 Å². The molecule has 4 N–H and O–H groups in total. The van der Waals surface area contributed by atoms with Gasteiger partial charge in [0.1, 0.15) is 11.4 Å². The number of phenolic OH excluding ortho intramolecular Hbond substituents is 1. The number of fused-ring (bicyclic) bond motifs is 1. The number of amides is 1. The Balaban J connectivity index is 1.89. The lowest BCUT2D eigenvalue weighted by Crippen LogP contribution is -2.32. The average Bonchev–Trinajstić information content (AvgIpc) is 3.00. The van der Waals surface area contributed by atoms with Crippen LogP contribution in [0.5, 0.6) is 5.75 Å². The Hall–Kier alpha value is -3.03. The van der Waals surface area contributed by atoms with Crippen LogP contribution in [0.1, 0.15) is 32.5 Å². The third kappa shape index (κ3) is 3.47. The molecule has 0 saturated carbocycles. The number of nitrogens with zero attached hydrogens (tertiary/aromatic N) is 1. The summed E-state index contributed by atoms with van der Waals surface area (Å²) >= 11 is 5.92. The number of hydrogen-bond donors (Lipinski definition) is 4. The van der Waals surface area contributed by atoms with Crippen molar-refractivity contribution in [3.63, 3.8) is 0 Å². The Bertz CT molecular complexity index is 1030. The molecule has 3 aromatic rings. The van der Waals surface area contributed by atoms with Crippen molar-refractivity contribution in [1.29, 1.82) is 0 Å². The summed E-state index contributed by atoms with van der Waals surface area (Å²) in [4.78, 5) is 23.6. The van der Waals surface area contributed by atoms with Gasteiger partial charge in [-0.1, -0.05) is 23.7 Å². The highest BCUT2D eigenvalue weighted by Gasteiger charge is 2.20. The number of carbonyl (C=O) groups excluding carboxylic acids is 1. The molecule has 7 nitrogen and oxygen atoms in total. The van der Waals surface area contributed by atoms with Crippen LogP contribution in [-0.4, -0.2) is 38.4 Å². The zero-order chi connectivity index (χ0) is 19.7. The van der Waals surface area contributed by atoms with Crippen LogP contribution >= 0.6 is 11.6 Å². The number of halogens is 1. The largest absolute Gasteiger partial charge is 0.506 e. The van der Waals surface area contributed by atoms with Crippen molar-refractivity contribution in [3.05, 3.63) is 64.3 Å². The van der Waals surface area contributed by atoms with Crippen LogP contribution in [0.25, 0.3) is 10.9 Å². The van der Waals surface area contributed by atoms with Gasteiger partial charge >= 0.3 is 5.97 Å². The second kappa shape index (κ2) is 7.30. The Kier molecular flexibility index (Phi) is 5.07. The van der Waals surface area contributed by atoms with Gasteiger partial charge in [0.15, 0.2) is 0 Å². The van der Waals surface area contributed by atoms with Crippen molar-refractivity contribution < 1.29 is 24.9 Å². The summed E-state index contributed by atoms with van der Waals surface area (Å²) < 4.78 is 1.61. The zero-order valence-electron chi connectivity index (χ0n) is 14.3. The van der Waals surface area contributed by atoms with E-state index in [-0.39, 0.29) is 28.6 Å². The topological polar surface area (TPSA) is 112 Å². The first kappa shape index (κ1) is 18.8. The highest BCUT2D eigenvalue weighted by molar-refractivity contribution is 6.33. The van der Waals surface area contributed by atoms with Gasteiger partial charge in [-0.2, -0.15) is 0 Å². The van der Waals surface area contributed by atoms with Crippen LogP contribution in [0, 0.1) is 0 Å². The van der Waals surface area contributed by atoms with Crippen molar-refractivity contribution in [2.45, 2.75) is 6.04 Å². The fourth-order valence-electron chi connectivity index (χ4n) is 2.91. The summed E-state index contributed by atoms with van der Waals surface area (Å²) in [5, 5.41) is 32.0. The predicted molar refractivity (Wildman–Crippen MR) is 100 cm³/mol. The van der Waals surface area contributed by atoms with Crippen molar-refractivity contribution in [2.24, 2.45) is 7.05 Å². The number of hydrogen-bond acceptors (Lipinski definition) is 4. The monoisotopic (exact) mass is 388 g/mol. The van der Waals surface area contributed by atoms with E-state index < -0.39 is 17.9 Å². The molecule has 27 heavy (non-hydrogen) atoms. The first-order valence-electron chi connectivity index (χ1n) is 8.05. The molecule has 1 amide bonds. The number of aromatic nitrogens is 1. The molecule has 1 atom stereocenters. The number of aliphatic hydroxyl groups excluding tert-OH is 1. The molecule has 1 aromatic heterocycles. The molecule has 0 unspecified atom stereocenters. The van der Waals surface area contributed by atoms with E-state index in [1.165, 1.54) is 30.3 Å². The SMILES string of the molecule is Cn1c(C(=O)N[C@H](CO)c2ccc(C(=O)O)cc2)cc2c(O)c(Cl)ccc21. The molecular formula is C19H17ClN2O5. The number of rotatable bonds is 5. The number of aryl methyl sites for hydroxylation is 1. The normalized spacial score (nSPS) is 12.1. The van der Waals surface area contributed by atoms with Gasteiger partial charge in [-0.05, 0) is 35.9 Å². The Morgan fingerprint density at radius 1 is 1.19 bits per heavy atom. The van der Waals surface area contributed by atoms with Crippen LogP contribution in [-0.2, 0) is 7.05 Å². The molecule has 0 fully saturated rings. The third-order valence-electron chi connectivity index (χ3n) is 4.43. The van der Waals surface area contributed by atoms with Crippen molar-refractivity contribution in [1.82, 2.24) is 9.88 Å². The highest BCUT2D eigenvalue weighted by atomic mass is 35.5. The predicted octanol–water partition coefficient (Wildman–Crippen LogP) is 2.70. The molecule has 0 aliphatic heterocycles. The number of aromatic carboxylic acids is 1. The summed E-state index contributed by atoms with van der Waals surface area (Å²) in [6.45, 7) is -0.362. The molecule has 1 heterocycles. The maximum Gasteiger partial charge on any atom is 0.335 e. The lowest BCUT2D eigenvalue weighted by atomic mass is 10.1. The summed E-state index contributed by atoms with van der Waals surface area (Å²) in [5.74, 6) is -1.61. The molecule has 0 saturated heterocycles. The van der Waals surface area contributed by atoms with Gasteiger partial charge in [0.25, 0.3) is 5.91 Å². The molecule has 0 aliphatic rings. The quantitative estimate of drug-likeness (QED) is 0.537. The van der Waals surface area contributed by atoms with E-state index in [2.05, 4.69) is 5.32 Å². The lowest BCUT2D eigenvalue weighted by molar-refractivity contribution is 0.0696. The Labute approximate surface area is 159 Å². The second-order valence-electron chi connectivity index (χ2n) is 6.05. The minimum absolute atomic E-state index is 0.105. The fraction of sp³-hybridized carbons (Fsp3) is 0.158. The van der Waals surface area contributed by atoms with E-state index in [1.807, 2.05) is 0 Å². The molecule has 140 valence electrons. The molecule has 0 bridgehead atoms. The molecule has 0 aliphatic carbocycles. The number of aliphatic hydroxyl groups is 1. The summed E-state index contributed by atoms with van der Waals surface area (Å²) in [6.07, 6.45) is 0. The average molecular weight is 389 g/mol. The maximum absolute atomic E-state index is 12.7. The highest BCUT2D eigenvalue weighted by Crippen LogP contribution is 2.34. The first-order chi connectivity index (χ1) is 12.8. The maximum atomic E-state index is 12.7. The Morgan fingerprint density at radius 3 is 2.44 bits per heavy atom. The lowest BCUT2D eigenvalue weighted by Gasteiger charge is -2.17. The van der Waals surface area contributed by atoms with E-state index in [0.29, 0.717) is 16.5 Å². The smallest absolute Gasteiger partial charge is 0.335 e. The van der Waals surface area contributed by atoms with E-state index >= 15 is 0 Å². The van der Waals surface area contributed by atoms with E-state index in [9.17, 15) is 19.8 Å². The van der Waals surface area contributed by atoms with Crippen LogP contribution in [0.4, 0.5) is 0 Å². The third-order valence-corrected chi connectivity index (χ3v) is 4.73.